The number of anilines is 1. The summed E-state index contributed by atoms with van der Waals surface area (Å²) in [7, 11) is 0. The molecule has 0 fully saturated rings. The van der Waals surface area contributed by atoms with E-state index in [-0.39, 0.29) is 18.1 Å². The van der Waals surface area contributed by atoms with Gasteiger partial charge in [0.25, 0.3) is 11.5 Å². The number of benzene rings is 2. The number of thiazole rings is 1. The maximum atomic E-state index is 12.4. The van der Waals surface area contributed by atoms with Crippen molar-refractivity contribution in [3.63, 3.8) is 0 Å². The number of rotatable bonds is 5. The van der Waals surface area contributed by atoms with E-state index in [0.717, 1.165) is 11.3 Å². The van der Waals surface area contributed by atoms with E-state index in [1.807, 2.05) is 37.4 Å². The Morgan fingerprint density at radius 2 is 1.97 bits per heavy atom. The molecule has 0 aliphatic heterocycles. The van der Waals surface area contributed by atoms with Gasteiger partial charge in [-0.2, -0.15) is 0 Å². The molecule has 146 valence electrons. The van der Waals surface area contributed by atoms with Crippen molar-refractivity contribution in [3.05, 3.63) is 92.8 Å². The molecular formula is C22H19N3O3S. The largest absolute Gasteiger partial charge is 0.487 e. The van der Waals surface area contributed by atoms with Crippen molar-refractivity contribution in [2.24, 2.45) is 0 Å². The zero-order valence-corrected chi connectivity index (χ0v) is 16.8. The molecule has 0 aliphatic rings. The van der Waals surface area contributed by atoms with Crippen molar-refractivity contribution in [1.29, 1.82) is 0 Å². The van der Waals surface area contributed by atoms with Gasteiger partial charge in [0.05, 0.1) is 5.69 Å². The van der Waals surface area contributed by atoms with Crippen molar-refractivity contribution < 1.29 is 9.53 Å². The minimum Gasteiger partial charge on any atom is -0.487 e. The van der Waals surface area contributed by atoms with E-state index in [4.69, 9.17) is 4.74 Å². The predicted octanol–water partition coefficient (Wildman–Crippen LogP) is 4.20. The molecule has 0 radical (unpaired) electrons. The second-order valence-electron chi connectivity index (χ2n) is 6.72. The number of nitrogens with one attached hydrogen (secondary N) is 1. The zero-order chi connectivity index (χ0) is 20.4. The molecule has 4 aromatic rings. The van der Waals surface area contributed by atoms with Crippen LogP contribution in [0.25, 0.3) is 4.96 Å². The SMILES string of the molecule is Cc1cccc(C(=O)Nc2cccc(OCc3cc(=O)n4c(C)csc4n3)c2)c1. The molecule has 0 aliphatic carbocycles. The molecule has 0 spiro atoms. The smallest absolute Gasteiger partial charge is 0.259 e. The fourth-order valence-corrected chi connectivity index (χ4v) is 3.88. The Morgan fingerprint density at radius 1 is 1.14 bits per heavy atom. The second-order valence-corrected chi connectivity index (χ2v) is 7.56. The number of carbonyl (C=O) groups excluding carboxylic acids is 1. The van der Waals surface area contributed by atoms with Gasteiger partial charge >= 0.3 is 0 Å². The van der Waals surface area contributed by atoms with Crippen molar-refractivity contribution in [3.8, 4) is 5.75 Å². The van der Waals surface area contributed by atoms with Crippen molar-refractivity contribution in [1.82, 2.24) is 9.38 Å². The quantitative estimate of drug-likeness (QED) is 0.540. The average molecular weight is 405 g/mol. The minimum absolute atomic E-state index is 0.119. The Kier molecular flexibility index (Phi) is 5.14. The van der Waals surface area contributed by atoms with Gasteiger partial charge in [-0.05, 0) is 38.1 Å². The Hall–Kier alpha value is -3.45. The number of nitrogens with zero attached hydrogens (tertiary/aromatic N) is 2. The summed E-state index contributed by atoms with van der Waals surface area (Å²) in [6, 6.07) is 16.0. The summed E-state index contributed by atoms with van der Waals surface area (Å²) in [6.45, 7) is 3.98. The number of hydrogen-bond acceptors (Lipinski definition) is 5. The molecule has 0 atom stereocenters. The van der Waals surface area contributed by atoms with Crippen LogP contribution >= 0.6 is 11.3 Å². The normalized spacial score (nSPS) is 10.8. The highest BCUT2D eigenvalue weighted by molar-refractivity contribution is 7.15. The molecule has 0 saturated carbocycles. The third-order valence-electron chi connectivity index (χ3n) is 4.39. The van der Waals surface area contributed by atoms with Crippen LogP contribution in [-0.4, -0.2) is 15.3 Å². The maximum Gasteiger partial charge on any atom is 0.259 e. The molecule has 6 nitrogen and oxygen atoms in total. The maximum absolute atomic E-state index is 12.4. The van der Waals surface area contributed by atoms with Gasteiger partial charge in [0, 0.05) is 34.5 Å². The van der Waals surface area contributed by atoms with Gasteiger partial charge in [-0.3, -0.25) is 14.0 Å². The number of aryl methyl sites for hydroxylation is 2. The van der Waals surface area contributed by atoms with E-state index in [1.54, 1.807) is 34.7 Å². The highest BCUT2D eigenvalue weighted by Gasteiger charge is 2.09. The number of aromatic nitrogens is 2. The highest BCUT2D eigenvalue weighted by Crippen LogP contribution is 2.20. The van der Waals surface area contributed by atoms with Crippen LogP contribution in [0.3, 0.4) is 0 Å². The van der Waals surface area contributed by atoms with Crippen LogP contribution in [-0.2, 0) is 6.61 Å². The van der Waals surface area contributed by atoms with Crippen LogP contribution in [0.5, 0.6) is 5.75 Å². The predicted molar refractivity (Wildman–Crippen MR) is 114 cm³/mol. The second kappa shape index (κ2) is 7.89. The number of amides is 1. The lowest BCUT2D eigenvalue weighted by atomic mass is 10.1. The van der Waals surface area contributed by atoms with Gasteiger partial charge < -0.3 is 10.1 Å². The van der Waals surface area contributed by atoms with Crippen LogP contribution in [0.1, 0.15) is 27.3 Å². The minimum atomic E-state index is -0.181. The molecule has 2 aromatic carbocycles. The van der Waals surface area contributed by atoms with Crippen molar-refractivity contribution in [2.45, 2.75) is 20.5 Å². The molecule has 1 N–H and O–H groups in total. The van der Waals surface area contributed by atoms with Crippen molar-refractivity contribution in [2.75, 3.05) is 5.32 Å². The van der Waals surface area contributed by atoms with Crippen LogP contribution in [0.2, 0.25) is 0 Å². The molecule has 29 heavy (non-hydrogen) atoms. The number of hydrogen-bond donors (Lipinski definition) is 1. The van der Waals surface area contributed by atoms with E-state index >= 15 is 0 Å². The number of fused-ring (bicyclic) bond motifs is 1. The summed E-state index contributed by atoms with van der Waals surface area (Å²) < 4.78 is 7.37. The number of ether oxygens (including phenoxy) is 1. The Balaban J connectivity index is 1.46. The summed E-state index contributed by atoms with van der Waals surface area (Å²) >= 11 is 1.42. The first-order valence-electron chi connectivity index (χ1n) is 9.07. The summed E-state index contributed by atoms with van der Waals surface area (Å²) in [5.74, 6) is 0.399. The van der Waals surface area contributed by atoms with Crippen LogP contribution in [0.15, 0.2) is 64.8 Å². The topological polar surface area (TPSA) is 72.7 Å². The molecule has 4 rings (SSSR count). The number of carbonyl (C=O) groups is 1. The standard InChI is InChI=1S/C22H19N3O3S/c1-14-5-3-6-16(9-14)21(27)23-17-7-4-8-19(10-17)28-12-18-11-20(26)25-15(2)13-29-22(25)24-18/h3-11,13H,12H2,1-2H3,(H,23,27). The first-order chi connectivity index (χ1) is 14.0. The van der Waals surface area contributed by atoms with Gasteiger partial charge in [0.2, 0.25) is 0 Å². The lowest BCUT2D eigenvalue weighted by molar-refractivity contribution is 0.102. The van der Waals surface area contributed by atoms with E-state index in [9.17, 15) is 9.59 Å². The fraction of sp³-hybridized carbons (Fsp3) is 0.136. The van der Waals surface area contributed by atoms with E-state index in [0.29, 0.717) is 27.7 Å². The molecule has 0 saturated heterocycles. The third-order valence-corrected chi connectivity index (χ3v) is 5.33. The molecule has 0 bridgehead atoms. The Bertz CT molecular complexity index is 1260. The average Bonchev–Trinajstić information content (AvgIpc) is 3.08. The first-order valence-corrected chi connectivity index (χ1v) is 9.95. The Morgan fingerprint density at radius 3 is 2.79 bits per heavy atom. The van der Waals surface area contributed by atoms with Gasteiger partial charge in [0.15, 0.2) is 4.96 Å². The van der Waals surface area contributed by atoms with E-state index in [2.05, 4.69) is 10.3 Å². The molecule has 7 heteroatoms. The van der Waals surface area contributed by atoms with Crippen LogP contribution < -0.4 is 15.6 Å². The van der Waals surface area contributed by atoms with E-state index < -0.39 is 0 Å². The molecule has 1 amide bonds. The van der Waals surface area contributed by atoms with E-state index in [1.165, 1.54) is 17.4 Å². The van der Waals surface area contributed by atoms with Gasteiger partial charge in [-0.15, -0.1) is 11.3 Å². The third kappa shape index (κ3) is 4.20. The zero-order valence-electron chi connectivity index (χ0n) is 16.0. The fourth-order valence-electron chi connectivity index (χ4n) is 2.99. The summed E-state index contributed by atoms with van der Waals surface area (Å²) in [5, 5.41) is 4.77. The molecule has 0 unspecified atom stereocenters. The van der Waals surface area contributed by atoms with Crippen molar-refractivity contribution >= 4 is 27.9 Å². The monoisotopic (exact) mass is 405 g/mol. The summed E-state index contributed by atoms with van der Waals surface area (Å²) in [4.78, 5) is 29.8. The molecule has 2 heterocycles. The lowest BCUT2D eigenvalue weighted by Gasteiger charge is -2.09. The van der Waals surface area contributed by atoms with Gasteiger partial charge in [-0.1, -0.05) is 23.8 Å². The van der Waals surface area contributed by atoms with Gasteiger partial charge in [-0.25, -0.2) is 4.98 Å². The Labute approximate surface area is 171 Å². The van der Waals surface area contributed by atoms with Crippen LogP contribution in [0.4, 0.5) is 5.69 Å². The summed E-state index contributed by atoms with van der Waals surface area (Å²) in [5.41, 5.74) is 3.56. The van der Waals surface area contributed by atoms with Crippen LogP contribution in [0, 0.1) is 13.8 Å². The lowest BCUT2D eigenvalue weighted by Crippen LogP contribution is -2.16. The first kappa shape index (κ1) is 18.9. The van der Waals surface area contributed by atoms with Gasteiger partial charge in [0.1, 0.15) is 12.4 Å². The molecule has 2 aromatic heterocycles. The summed E-state index contributed by atoms with van der Waals surface area (Å²) in [6.07, 6.45) is 0. The molecular weight excluding hydrogens is 386 g/mol. The highest BCUT2D eigenvalue weighted by atomic mass is 32.1.